The van der Waals surface area contributed by atoms with Crippen molar-refractivity contribution in [3.63, 3.8) is 0 Å². The summed E-state index contributed by atoms with van der Waals surface area (Å²) < 4.78 is 13.4. The van der Waals surface area contributed by atoms with Gasteiger partial charge < -0.3 is 5.32 Å². The predicted molar refractivity (Wildman–Crippen MR) is 80.4 cm³/mol. The van der Waals surface area contributed by atoms with E-state index in [2.05, 4.69) is 11.4 Å². The van der Waals surface area contributed by atoms with Gasteiger partial charge in [-0.3, -0.25) is 4.79 Å². The fourth-order valence-electron chi connectivity index (χ4n) is 2.00. The molecular weight excluding hydrogens is 273 g/mol. The van der Waals surface area contributed by atoms with Crippen molar-refractivity contribution >= 4 is 17.2 Å². The number of rotatable bonds is 7. The molecule has 0 aliphatic heterocycles. The maximum Gasteiger partial charge on any atom is 0.220 e. The largest absolute Gasteiger partial charge is 0.356 e. The Kier molecular flexibility index (Phi) is 5.74. The van der Waals surface area contributed by atoms with Crippen LogP contribution < -0.4 is 5.32 Å². The topological polar surface area (TPSA) is 29.1 Å². The molecule has 0 fully saturated rings. The van der Waals surface area contributed by atoms with E-state index in [4.69, 9.17) is 0 Å². The third-order valence-corrected chi connectivity index (χ3v) is 4.02. The highest BCUT2D eigenvalue weighted by atomic mass is 32.1. The molecule has 20 heavy (non-hydrogen) atoms. The maximum absolute atomic E-state index is 13.4. The Bertz CT molecular complexity index is 539. The predicted octanol–water partition coefficient (Wildman–Crippen LogP) is 3.57. The van der Waals surface area contributed by atoms with Crippen LogP contribution in [-0.2, 0) is 17.6 Å². The minimum Gasteiger partial charge on any atom is -0.356 e. The van der Waals surface area contributed by atoms with E-state index in [0.29, 0.717) is 24.9 Å². The van der Waals surface area contributed by atoms with Crippen LogP contribution in [0, 0.1) is 5.82 Å². The molecule has 1 aromatic heterocycles. The van der Waals surface area contributed by atoms with Crippen molar-refractivity contribution in [3.05, 3.63) is 58.0 Å². The van der Waals surface area contributed by atoms with Gasteiger partial charge in [-0.2, -0.15) is 0 Å². The van der Waals surface area contributed by atoms with Gasteiger partial charge in [-0.1, -0.05) is 24.3 Å². The van der Waals surface area contributed by atoms with Gasteiger partial charge in [0.1, 0.15) is 5.82 Å². The molecule has 1 amide bonds. The Morgan fingerprint density at radius 2 is 2.00 bits per heavy atom. The van der Waals surface area contributed by atoms with Crippen molar-refractivity contribution in [1.82, 2.24) is 5.32 Å². The quantitative estimate of drug-likeness (QED) is 0.830. The summed E-state index contributed by atoms with van der Waals surface area (Å²) in [4.78, 5) is 13.0. The van der Waals surface area contributed by atoms with E-state index in [1.54, 1.807) is 29.5 Å². The summed E-state index contributed by atoms with van der Waals surface area (Å²) in [7, 11) is 0. The number of thiophene rings is 1. The lowest BCUT2D eigenvalue weighted by Crippen LogP contribution is -2.25. The third kappa shape index (κ3) is 4.78. The minimum absolute atomic E-state index is 0.0397. The average Bonchev–Trinajstić information content (AvgIpc) is 2.94. The monoisotopic (exact) mass is 291 g/mol. The Hall–Kier alpha value is -1.68. The fraction of sp³-hybridized carbons (Fsp3) is 0.312. The molecule has 0 radical (unpaired) electrons. The minimum atomic E-state index is -0.209. The third-order valence-electron chi connectivity index (χ3n) is 3.08. The molecule has 0 aliphatic carbocycles. The molecule has 0 saturated carbocycles. The molecule has 0 saturated heterocycles. The molecule has 0 atom stereocenters. The van der Waals surface area contributed by atoms with Crippen molar-refractivity contribution < 1.29 is 9.18 Å². The number of hydrogen-bond donors (Lipinski definition) is 1. The van der Waals surface area contributed by atoms with Gasteiger partial charge >= 0.3 is 0 Å². The normalized spacial score (nSPS) is 10.4. The van der Waals surface area contributed by atoms with E-state index >= 15 is 0 Å². The molecule has 106 valence electrons. The molecule has 1 N–H and O–H groups in total. The number of hydrogen-bond acceptors (Lipinski definition) is 2. The van der Waals surface area contributed by atoms with Gasteiger partial charge in [-0.15, -0.1) is 11.3 Å². The average molecular weight is 291 g/mol. The SMILES string of the molecule is O=C(CCCc1cccs1)NCCc1ccccc1F. The van der Waals surface area contributed by atoms with E-state index in [9.17, 15) is 9.18 Å². The molecule has 4 heteroatoms. The Labute approximate surface area is 122 Å². The van der Waals surface area contributed by atoms with Crippen LogP contribution in [0.3, 0.4) is 0 Å². The Balaban J connectivity index is 1.62. The molecule has 0 spiro atoms. The summed E-state index contributed by atoms with van der Waals surface area (Å²) in [5.41, 5.74) is 0.645. The van der Waals surface area contributed by atoms with E-state index in [0.717, 1.165) is 12.8 Å². The zero-order chi connectivity index (χ0) is 14.2. The Morgan fingerprint density at radius 3 is 2.75 bits per heavy atom. The lowest BCUT2D eigenvalue weighted by atomic mass is 10.1. The maximum atomic E-state index is 13.4. The van der Waals surface area contributed by atoms with Crippen molar-refractivity contribution in [2.75, 3.05) is 6.54 Å². The van der Waals surface area contributed by atoms with Crippen LogP contribution >= 0.6 is 11.3 Å². The Morgan fingerprint density at radius 1 is 1.15 bits per heavy atom. The molecule has 2 nitrogen and oxygen atoms in total. The summed E-state index contributed by atoms with van der Waals surface area (Å²) in [5.74, 6) is -0.169. The summed E-state index contributed by atoms with van der Waals surface area (Å²) in [6.07, 6.45) is 2.85. The highest BCUT2D eigenvalue weighted by molar-refractivity contribution is 7.09. The van der Waals surface area contributed by atoms with Gasteiger partial charge in [0.15, 0.2) is 0 Å². The molecule has 1 aromatic carbocycles. The fourth-order valence-corrected chi connectivity index (χ4v) is 2.76. The second-order valence-electron chi connectivity index (χ2n) is 4.62. The highest BCUT2D eigenvalue weighted by Gasteiger charge is 2.04. The van der Waals surface area contributed by atoms with E-state index in [1.807, 2.05) is 11.4 Å². The lowest BCUT2D eigenvalue weighted by Gasteiger charge is -2.06. The van der Waals surface area contributed by atoms with Crippen LogP contribution in [0.4, 0.5) is 4.39 Å². The van der Waals surface area contributed by atoms with E-state index < -0.39 is 0 Å². The van der Waals surface area contributed by atoms with E-state index in [-0.39, 0.29) is 11.7 Å². The number of carbonyl (C=O) groups is 1. The first-order chi connectivity index (χ1) is 9.75. The smallest absolute Gasteiger partial charge is 0.220 e. The number of nitrogens with one attached hydrogen (secondary N) is 1. The number of aryl methyl sites for hydroxylation is 1. The second-order valence-corrected chi connectivity index (χ2v) is 5.66. The van der Waals surface area contributed by atoms with Gasteiger partial charge in [0.25, 0.3) is 0 Å². The van der Waals surface area contributed by atoms with Crippen LogP contribution in [-0.4, -0.2) is 12.5 Å². The van der Waals surface area contributed by atoms with Crippen molar-refractivity contribution in [2.24, 2.45) is 0 Å². The van der Waals surface area contributed by atoms with Gasteiger partial charge in [0.05, 0.1) is 0 Å². The summed E-state index contributed by atoms with van der Waals surface area (Å²) in [5, 5.41) is 4.88. The lowest BCUT2D eigenvalue weighted by molar-refractivity contribution is -0.121. The number of halogens is 1. The van der Waals surface area contributed by atoms with Crippen LogP contribution in [0.15, 0.2) is 41.8 Å². The van der Waals surface area contributed by atoms with Crippen LogP contribution in [0.25, 0.3) is 0 Å². The first-order valence-corrected chi connectivity index (χ1v) is 7.66. The molecule has 0 unspecified atom stereocenters. The molecule has 1 heterocycles. The van der Waals surface area contributed by atoms with Crippen LogP contribution in [0.5, 0.6) is 0 Å². The van der Waals surface area contributed by atoms with E-state index in [1.165, 1.54) is 10.9 Å². The highest BCUT2D eigenvalue weighted by Crippen LogP contribution is 2.11. The van der Waals surface area contributed by atoms with Crippen molar-refractivity contribution in [1.29, 1.82) is 0 Å². The number of benzene rings is 1. The first-order valence-electron chi connectivity index (χ1n) is 6.78. The zero-order valence-corrected chi connectivity index (χ0v) is 12.1. The number of amides is 1. The molecular formula is C16H18FNOS. The number of carbonyl (C=O) groups excluding carboxylic acids is 1. The van der Waals surface area contributed by atoms with Crippen molar-refractivity contribution in [2.45, 2.75) is 25.7 Å². The molecule has 0 aliphatic rings. The van der Waals surface area contributed by atoms with Gasteiger partial charge in [-0.05, 0) is 42.3 Å². The van der Waals surface area contributed by atoms with Gasteiger partial charge in [0, 0.05) is 17.8 Å². The first kappa shape index (κ1) is 14.7. The van der Waals surface area contributed by atoms with Crippen molar-refractivity contribution in [3.8, 4) is 0 Å². The zero-order valence-electron chi connectivity index (χ0n) is 11.3. The summed E-state index contributed by atoms with van der Waals surface area (Å²) in [6, 6.07) is 10.8. The molecule has 2 aromatic rings. The van der Waals surface area contributed by atoms with Crippen LogP contribution in [0.1, 0.15) is 23.3 Å². The standard InChI is InChI=1S/C16H18FNOS/c17-15-8-2-1-5-13(15)10-11-18-16(19)9-3-6-14-7-4-12-20-14/h1-2,4-5,7-8,12H,3,6,9-11H2,(H,18,19). The van der Waals surface area contributed by atoms with Gasteiger partial charge in [-0.25, -0.2) is 4.39 Å². The second kappa shape index (κ2) is 7.80. The van der Waals surface area contributed by atoms with Crippen LogP contribution in [0.2, 0.25) is 0 Å². The van der Waals surface area contributed by atoms with Gasteiger partial charge in [0.2, 0.25) is 5.91 Å². The molecule has 0 bridgehead atoms. The molecule has 2 rings (SSSR count). The summed E-state index contributed by atoms with van der Waals surface area (Å²) in [6.45, 7) is 0.485. The summed E-state index contributed by atoms with van der Waals surface area (Å²) >= 11 is 1.72.